The summed E-state index contributed by atoms with van der Waals surface area (Å²) in [5.74, 6) is -0.300. The predicted molar refractivity (Wildman–Crippen MR) is 94.9 cm³/mol. The molecule has 3 aromatic rings. The van der Waals surface area contributed by atoms with E-state index in [0.717, 1.165) is 11.3 Å². The van der Waals surface area contributed by atoms with Crippen LogP contribution in [0.3, 0.4) is 0 Å². The summed E-state index contributed by atoms with van der Waals surface area (Å²) in [5.41, 5.74) is 2.18. The fourth-order valence-electron chi connectivity index (χ4n) is 2.41. The molecule has 0 aliphatic rings. The van der Waals surface area contributed by atoms with Crippen molar-refractivity contribution in [3.63, 3.8) is 0 Å². The molecular weight excluding hydrogens is 363 g/mol. The molecule has 1 heterocycles. The smallest absolute Gasteiger partial charge is 0.294 e. The van der Waals surface area contributed by atoms with Crippen LogP contribution >= 0.6 is 11.3 Å². The minimum atomic E-state index is -4.22. The lowest BCUT2D eigenvalue weighted by molar-refractivity contribution is 0.483. The van der Waals surface area contributed by atoms with E-state index in [2.05, 4.69) is 4.99 Å². The number of rotatable bonds is 4. The zero-order valence-corrected chi connectivity index (χ0v) is 14.9. The third-order valence-electron chi connectivity index (χ3n) is 3.59. The molecule has 0 aliphatic carbocycles. The Morgan fingerprint density at radius 1 is 1.20 bits per heavy atom. The van der Waals surface area contributed by atoms with Gasteiger partial charge in [0.25, 0.3) is 10.1 Å². The van der Waals surface area contributed by atoms with Crippen molar-refractivity contribution in [1.29, 1.82) is 0 Å². The highest BCUT2D eigenvalue weighted by Crippen LogP contribution is 2.22. The molecule has 0 radical (unpaired) electrons. The van der Waals surface area contributed by atoms with Crippen LogP contribution in [0.1, 0.15) is 6.92 Å². The van der Waals surface area contributed by atoms with E-state index in [1.165, 1.54) is 47.7 Å². The van der Waals surface area contributed by atoms with Crippen LogP contribution in [0.4, 0.5) is 10.1 Å². The highest BCUT2D eigenvalue weighted by atomic mass is 32.2. The Balaban J connectivity index is 2.05. The first-order chi connectivity index (χ1) is 11.9. The van der Waals surface area contributed by atoms with E-state index in [1.807, 2.05) is 22.9 Å². The van der Waals surface area contributed by atoms with E-state index in [-0.39, 0.29) is 10.7 Å². The summed E-state index contributed by atoms with van der Waals surface area (Å²) in [6, 6.07) is 12.0. The Morgan fingerprint density at radius 2 is 1.92 bits per heavy atom. The van der Waals surface area contributed by atoms with Crippen LogP contribution < -0.4 is 4.80 Å². The standard InChI is InChI=1S/C17H15FN2O3S2/c1-2-20-16(12-4-3-5-13(18)10-12)11-24-17(20)19-14-6-8-15(9-7-14)25(21,22)23/h3-11H,2H2,1H3,(H,21,22,23)/b19-17-. The average Bonchev–Trinajstić information content (AvgIpc) is 2.97. The summed E-state index contributed by atoms with van der Waals surface area (Å²) in [6.45, 7) is 2.62. The van der Waals surface area contributed by atoms with Crippen molar-refractivity contribution in [2.24, 2.45) is 4.99 Å². The molecular formula is C17H15FN2O3S2. The molecule has 0 bridgehead atoms. The van der Waals surface area contributed by atoms with Gasteiger partial charge >= 0.3 is 0 Å². The van der Waals surface area contributed by atoms with Crippen LogP contribution in [-0.2, 0) is 16.7 Å². The molecule has 1 N–H and O–H groups in total. The minimum Gasteiger partial charge on any atom is -0.317 e. The lowest BCUT2D eigenvalue weighted by Gasteiger charge is -2.06. The monoisotopic (exact) mass is 378 g/mol. The zero-order valence-electron chi connectivity index (χ0n) is 13.3. The maximum atomic E-state index is 13.5. The minimum absolute atomic E-state index is 0.179. The van der Waals surface area contributed by atoms with Gasteiger partial charge in [-0.05, 0) is 43.3 Å². The molecule has 130 valence electrons. The summed E-state index contributed by atoms with van der Waals surface area (Å²) in [5, 5.41) is 1.91. The van der Waals surface area contributed by atoms with Crippen molar-refractivity contribution in [1.82, 2.24) is 4.57 Å². The summed E-state index contributed by atoms with van der Waals surface area (Å²) in [6.07, 6.45) is 0. The SMILES string of the molecule is CCn1c(-c2cccc(F)c2)cs/c1=N\c1ccc(S(=O)(=O)O)cc1. The Morgan fingerprint density at radius 3 is 2.52 bits per heavy atom. The number of hydrogen-bond donors (Lipinski definition) is 1. The number of halogens is 1. The second-order valence-electron chi connectivity index (χ2n) is 5.24. The second-order valence-corrected chi connectivity index (χ2v) is 7.50. The van der Waals surface area contributed by atoms with Crippen molar-refractivity contribution < 1.29 is 17.4 Å². The number of benzene rings is 2. The van der Waals surface area contributed by atoms with Gasteiger partial charge in [-0.15, -0.1) is 11.3 Å². The van der Waals surface area contributed by atoms with Gasteiger partial charge in [0, 0.05) is 17.5 Å². The highest BCUT2D eigenvalue weighted by Gasteiger charge is 2.10. The molecule has 0 unspecified atom stereocenters. The second kappa shape index (κ2) is 6.91. The summed E-state index contributed by atoms with van der Waals surface area (Å²) in [7, 11) is -4.22. The van der Waals surface area contributed by atoms with Gasteiger partial charge in [-0.25, -0.2) is 9.38 Å². The number of hydrogen-bond acceptors (Lipinski definition) is 4. The molecule has 3 rings (SSSR count). The van der Waals surface area contributed by atoms with E-state index >= 15 is 0 Å². The van der Waals surface area contributed by atoms with Crippen LogP contribution in [0.15, 0.2) is 63.8 Å². The van der Waals surface area contributed by atoms with Crippen molar-refractivity contribution in [3.05, 3.63) is 64.5 Å². The van der Waals surface area contributed by atoms with Crippen molar-refractivity contribution in [2.75, 3.05) is 0 Å². The topological polar surface area (TPSA) is 71.7 Å². The molecule has 1 aromatic heterocycles. The molecule has 0 saturated heterocycles. The molecule has 2 aromatic carbocycles. The third kappa shape index (κ3) is 3.87. The van der Waals surface area contributed by atoms with Crippen molar-refractivity contribution >= 4 is 27.1 Å². The molecule has 0 atom stereocenters. The maximum absolute atomic E-state index is 13.5. The number of thiazole rings is 1. The molecule has 0 saturated carbocycles. The third-order valence-corrected chi connectivity index (χ3v) is 5.33. The van der Waals surface area contributed by atoms with Gasteiger partial charge in [-0.1, -0.05) is 12.1 Å². The fraction of sp³-hybridized carbons (Fsp3) is 0.118. The number of aromatic nitrogens is 1. The van der Waals surface area contributed by atoms with Crippen LogP contribution in [0, 0.1) is 5.82 Å². The fourth-order valence-corrected chi connectivity index (χ4v) is 3.88. The van der Waals surface area contributed by atoms with E-state index in [0.29, 0.717) is 17.0 Å². The molecule has 0 aliphatic heterocycles. The quantitative estimate of drug-likeness (QED) is 0.701. The number of nitrogens with zero attached hydrogens (tertiary/aromatic N) is 2. The van der Waals surface area contributed by atoms with Crippen LogP contribution in [0.25, 0.3) is 11.3 Å². The van der Waals surface area contributed by atoms with E-state index in [1.54, 1.807) is 6.07 Å². The summed E-state index contributed by atoms with van der Waals surface area (Å²) < 4.78 is 46.6. The van der Waals surface area contributed by atoms with Gasteiger partial charge in [0.2, 0.25) is 0 Å². The maximum Gasteiger partial charge on any atom is 0.294 e. The van der Waals surface area contributed by atoms with Gasteiger partial charge in [-0.3, -0.25) is 4.55 Å². The highest BCUT2D eigenvalue weighted by molar-refractivity contribution is 7.85. The van der Waals surface area contributed by atoms with Gasteiger partial charge in [-0.2, -0.15) is 8.42 Å². The lowest BCUT2D eigenvalue weighted by Crippen LogP contribution is -2.14. The van der Waals surface area contributed by atoms with Crippen LogP contribution in [0.5, 0.6) is 0 Å². The Labute approximate surface area is 148 Å². The predicted octanol–water partition coefficient (Wildman–Crippen LogP) is 3.85. The van der Waals surface area contributed by atoms with Crippen molar-refractivity contribution in [3.8, 4) is 11.3 Å². The van der Waals surface area contributed by atoms with E-state index in [9.17, 15) is 12.8 Å². The van der Waals surface area contributed by atoms with E-state index < -0.39 is 10.1 Å². The Kier molecular flexibility index (Phi) is 4.85. The molecule has 0 spiro atoms. The normalized spacial score (nSPS) is 12.5. The van der Waals surface area contributed by atoms with Gasteiger partial charge < -0.3 is 4.57 Å². The first kappa shape index (κ1) is 17.5. The van der Waals surface area contributed by atoms with Gasteiger partial charge in [0.05, 0.1) is 16.3 Å². The largest absolute Gasteiger partial charge is 0.317 e. The first-order valence-corrected chi connectivity index (χ1v) is 9.77. The molecule has 0 amide bonds. The zero-order chi connectivity index (χ0) is 18.0. The Hall–Kier alpha value is -2.29. The summed E-state index contributed by atoms with van der Waals surface area (Å²) in [4.78, 5) is 5.05. The van der Waals surface area contributed by atoms with Crippen molar-refractivity contribution in [2.45, 2.75) is 18.4 Å². The lowest BCUT2D eigenvalue weighted by atomic mass is 10.1. The van der Waals surface area contributed by atoms with Gasteiger partial charge in [0.1, 0.15) is 5.82 Å². The molecule has 5 nitrogen and oxygen atoms in total. The summed E-state index contributed by atoms with van der Waals surface area (Å²) >= 11 is 1.41. The first-order valence-electron chi connectivity index (χ1n) is 7.45. The van der Waals surface area contributed by atoms with Crippen LogP contribution in [0.2, 0.25) is 0 Å². The Bertz CT molecular complexity index is 1070. The molecule has 8 heteroatoms. The van der Waals surface area contributed by atoms with Crippen LogP contribution in [-0.4, -0.2) is 17.5 Å². The average molecular weight is 378 g/mol. The van der Waals surface area contributed by atoms with E-state index in [4.69, 9.17) is 4.55 Å². The molecule has 25 heavy (non-hydrogen) atoms. The van der Waals surface area contributed by atoms with Gasteiger partial charge in [0.15, 0.2) is 4.80 Å². The molecule has 0 fully saturated rings.